The fraction of sp³-hybridized carbons (Fsp3) is 0.310. The first-order valence-electron chi connectivity index (χ1n) is 12.4. The van der Waals surface area contributed by atoms with Crippen LogP contribution in [-0.4, -0.2) is 43.0 Å². The molecule has 9 heteroatoms. The molecule has 0 saturated heterocycles. The summed E-state index contributed by atoms with van der Waals surface area (Å²) in [5.74, 6) is -1.46. The van der Waals surface area contributed by atoms with Crippen LogP contribution in [-0.2, 0) is 19.1 Å². The summed E-state index contributed by atoms with van der Waals surface area (Å²) in [6.45, 7) is 7.52. The maximum absolute atomic E-state index is 13.1. The molecule has 0 radical (unpaired) electrons. The molecular weight excluding hydrogens is 502 g/mol. The van der Waals surface area contributed by atoms with Crippen molar-refractivity contribution in [1.82, 2.24) is 4.98 Å². The average molecular weight is 534 g/mol. The number of methoxy groups -OCH3 is 1. The Bertz CT molecular complexity index is 1380. The summed E-state index contributed by atoms with van der Waals surface area (Å²) in [6, 6.07) is 15.4. The molecule has 3 aromatic rings. The van der Waals surface area contributed by atoms with Crippen molar-refractivity contribution in [3.05, 3.63) is 70.7 Å². The summed E-state index contributed by atoms with van der Waals surface area (Å²) in [5, 5.41) is 6.06. The number of esters is 2. The van der Waals surface area contributed by atoms with E-state index in [-0.39, 0.29) is 13.2 Å². The molecule has 4 rings (SSSR count). The van der Waals surface area contributed by atoms with Gasteiger partial charge in [-0.15, -0.1) is 11.3 Å². The molecule has 2 unspecified atom stereocenters. The molecule has 0 spiro atoms. The van der Waals surface area contributed by atoms with Crippen LogP contribution in [0.15, 0.2) is 70.2 Å². The maximum Gasteiger partial charge on any atom is 0.336 e. The van der Waals surface area contributed by atoms with Gasteiger partial charge in [-0.25, -0.2) is 9.78 Å². The molecule has 2 aromatic carbocycles. The number of aliphatic imine (C=N–C) groups is 1. The molecular formula is C29H31N3O5S. The highest BCUT2D eigenvalue weighted by molar-refractivity contribution is 7.14. The number of thiazole rings is 1. The molecule has 1 N–H and O–H groups in total. The quantitative estimate of drug-likeness (QED) is 0.330. The van der Waals surface area contributed by atoms with Gasteiger partial charge >= 0.3 is 11.9 Å². The molecule has 0 aliphatic carbocycles. The van der Waals surface area contributed by atoms with Crippen molar-refractivity contribution in [2.24, 2.45) is 10.9 Å². The second kappa shape index (κ2) is 12.0. The maximum atomic E-state index is 13.1. The molecule has 198 valence electrons. The minimum Gasteiger partial charge on any atom is -0.497 e. The first-order valence-corrected chi connectivity index (χ1v) is 13.3. The number of nitrogens with zero attached hydrogens (tertiary/aromatic N) is 2. The minimum atomic E-state index is -0.741. The number of nitrogens with one attached hydrogen (secondary N) is 1. The molecule has 8 nitrogen and oxygen atoms in total. The fourth-order valence-electron chi connectivity index (χ4n) is 4.57. The lowest BCUT2D eigenvalue weighted by Crippen LogP contribution is -2.36. The number of rotatable bonds is 9. The predicted octanol–water partition coefficient (Wildman–Crippen LogP) is 6.14. The van der Waals surface area contributed by atoms with Gasteiger partial charge < -0.3 is 19.5 Å². The third kappa shape index (κ3) is 5.78. The summed E-state index contributed by atoms with van der Waals surface area (Å²) >= 11 is 1.49. The highest BCUT2D eigenvalue weighted by atomic mass is 32.1. The highest BCUT2D eigenvalue weighted by Crippen LogP contribution is 2.41. The number of benzene rings is 2. The molecule has 0 amide bonds. The van der Waals surface area contributed by atoms with Crippen LogP contribution >= 0.6 is 11.3 Å². The lowest BCUT2D eigenvalue weighted by molar-refractivity contribution is -0.146. The third-order valence-electron chi connectivity index (χ3n) is 6.25. The van der Waals surface area contributed by atoms with E-state index in [2.05, 4.69) is 10.3 Å². The molecule has 38 heavy (non-hydrogen) atoms. The Morgan fingerprint density at radius 1 is 1.03 bits per heavy atom. The van der Waals surface area contributed by atoms with Crippen molar-refractivity contribution in [3.63, 3.8) is 0 Å². The molecule has 0 fully saturated rings. The Morgan fingerprint density at radius 3 is 2.45 bits per heavy atom. The topological polar surface area (TPSA) is 99.1 Å². The number of ether oxygens (including phenoxy) is 3. The lowest BCUT2D eigenvalue weighted by Gasteiger charge is -2.31. The Morgan fingerprint density at radius 2 is 1.76 bits per heavy atom. The van der Waals surface area contributed by atoms with E-state index in [9.17, 15) is 9.59 Å². The van der Waals surface area contributed by atoms with E-state index in [0.29, 0.717) is 22.1 Å². The van der Waals surface area contributed by atoms with Gasteiger partial charge in [-0.2, -0.15) is 0 Å². The van der Waals surface area contributed by atoms with Crippen LogP contribution in [0.4, 0.5) is 10.8 Å². The standard InChI is InChI=1S/C29H31N3O5S/c1-6-36-27(33)24-17(3)30-18(4)25(28(34)37-7-2)26(24)20-9-8-10-21(15-20)31-29-32-23(16-38-29)19-11-13-22(35-5)14-12-19/h8-16,24,26H,6-7H2,1-5H3,(H,31,32). The van der Waals surface area contributed by atoms with E-state index in [4.69, 9.17) is 19.2 Å². The van der Waals surface area contributed by atoms with Gasteiger partial charge in [0.15, 0.2) is 5.13 Å². The van der Waals surface area contributed by atoms with Crippen molar-refractivity contribution in [1.29, 1.82) is 0 Å². The number of carbonyl (C=O) groups excluding carboxylic acids is 2. The van der Waals surface area contributed by atoms with Gasteiger partial charge in [0.1, 0.15) is 11.7 Å². The largest absolute Gasteiger partial charge is 0.497 e. The molecule has 2 heterocycles. The van der Waals surface area contributed by atoms with Crippen LogP contribution in [0.2, 0.25) is 0 Å². The smallest absolute Gasteiger partial charge is 0.336 e. The number of allylic oxidation sites excluding steroid dienone is 1. The summed E-state index contributed by atoms with van der Waals surface area (Å²) in [7, 11) is 1.64. The second-order valence-corrected chi connectivity index (χ2v) is 9.56. The van der Waals surface area contributed by atoms with Gasteiger partial charge in [0.2, 0.25) is 0 Å². The van der Waals surface area contributed by atoms with Crippen LogP contribution in [0.5, 0.6) is 5.75 Å². The first-order chi connectivity index (χ1) is 18.4. The highest BCUT2D eigenvalue weighted by Gasteiger charge is 2.42. The van der Waals surface area contributed by atoms with Crippen molar-refractivity contribution in [2.45, 2.75) is 33.6 Å². The number of aromatic nitrogens is 1. The van der Waals surface area contributed by atoms with Gasteiger partial charge in [-0.05, 0) is 69.7 Å². The lowest BCUT2D eigenvalue weighted by atomic mass is 9.75. The molecule has 0 bridgehead atoms. The van der Waals surface area contributed by atoms with Crippen LogP contribution in [0.25, 0.3) is 11.3 Å². The predicted molar refractivity (Wildman–Crippen MR) is 149 cm³/mol. The van der Waals surface area contributed by atoms with E-state index in [1.54, 1.807) is 34.8 Å². The van der Waals surface area contributed by atoms with Crippen molar-refractivity contribution >= 4 is 39.8 Å². The summed E-state index contributed by atoms with van der Waals surface area (Å²) in [5.41, 5.74) is 4.89. The van der Waals surface area contributed by atoms with Crippen LogP contribution in [0.1, 0.15) is 39.2 Å². The van der Waals surface area contributed by atoms with Gasteiger partial charge in [-0.3, -0.25) is 9.79 Å². The molecule has 1 aliphatic heterocycles. The van der Waals surface area contributed by atoms with Crippen LogP contribution in [0.3, 0.4) is 0 Å². The minimum absolute atomic E-state index is 0.220. The van der Waals surface area contributed by atoms with Crippen molar-refractivity contribution in [2.75, 3.05) is 25.6 Å². The van der Waals surface area contributed by atoms with Gasteiger partial charge in [0.05, 0.1) is 31.6 Å². The van der Waals surface area contributed by atoms with Gasteiger partial charge in [-0.1, -0.05) is 12.1 Å². The van der Waals surface area contributed by atoms with Crippen molar-refractivity contribution < 1.29 is 23.8 Å². The first kappa shape index (κ1) is 27.1. The molecule has 0 saturated carbocycles. The van der Waals surface area contributed by atoms with Gasteiger partial charge in [0, 0.05) is 34.0 Å². The fourth-order valence-corrected chi connectivity index (χ4v) is 5.31. The Labute approximate surface area is 226 Å². The average Bonchev–Trinajstić information content (AvgIpc) is 3.37. The SMILES string of the molecule is CCOC(=O)C1=C(C)N=C(C)C(C(=O)OCC)C1c1cccc(Nc2nc(-c3ccc(OC)cc3)cs2)c1. The Hall–Kier alpha value is -3.98. The summed E-state index contributed by atoms with van der Waals surface area (Å²) < 4.78 is 16.0. The zero-order valence-electron chi connectivity index (χ0n) is 22.1. The number of carbonyl (C=O) groups is 2. The van der Waals surface area contributed by atoms with E-state index in [0.717, 1.165) is 28.3 Å². The third-order valence-corrected chi connectivity index (χ3v) is 7.01. The summed E-state index contributed by atoms with van der Waals surface area (Å²) in [6.07, 6.45) is 0. The van der Waals surface area contributed by atoms with Crippen molar-refractivity contribution in [3.8, 4) is 17.0 Å². The van der Waals surface area contributed by atoms with Crippen LogP contribution in [0, 0.1) is 5.92 Å². The molecule has 1 aliphatic rings. The van der Waals surface area contributed by atoms with E-state index in [1.165, 1.54) is 11.3 Å². The second-order valence-electron chi connectivity index (χ2n) is 8.70. The van der Waals surface area contributed by atoms with Crippen LogP contribution < -0.4 is 10.1 Å². The van der Waals surface area contributed by atoms with E-state index < -0.39 is 23.8 Å². The Kier molecular flexibility index (Phi) is 8.58. The number of anilines is 2. The molecule has 2 atom stereocenters. The monoisotopic (exact) mass is 533 g/mol. The zero-order chi connectivity index (χ0) is 27.2. The van der Waals surface area contributed by atoms with E-state index >= 15 is 0 Å². The number of hydrogen-bond acceptors (Lipinski definition) is 9. The van der Waals surface area contributed by atoms with Gasteiger partial charge in [0.25, 0.3) is 0 Å². The normalized spacial score (nSPS) is 17.0. The van der Waals surface area contributed by atoms with E-state index in [1.807, 2.05) is 53.9 Å². The summed E-state index contributed by atoms with van der Waals surface area (Å²) in [4.78, 5) is 35.4. The molecule has 1 aromatic heterocycles. The number of hydrogen-bond donors (Lipinski definition) is 1. The Balaban J connectivity index is 1.67. The zero-order valence-corrected chi connectivity index (χ0v) is 22.9.